The number of nitrogens with zero attached hydrogens (tertiary/aromatic N) is 3. The van der Waals surface area contributed by atoms with Gasteiger partial charge in [0.05, 0.1) is 6.07 Å². The lowest BCUT2D eigenvalue weighted by molar-refractivity contribution is 0.214. The van der Waals surface area contributed by atoms with Crippen LogP contribution >= 0.6 is 0 Å². The highest BCUT2D eigenvalue weighted by molar-refractivity contribution is 5.11. The van der Waals surface area contributed by atoms with Gasteiger partial charge in [-0.3, -0.25) is 10.3 Å². The molecule has 0 aromatic carbocycles. The summed E-state index contributed by atoms with van der Waals surface area (Å²) < 4.78 is 0. The van der Waals surface area contributed by atoms with Crippen molar-refractivity contribution in [3.05, 3.63) is 30.1 Å². The molecule has 1 heterocycles. The van der Waals surface area contributed by atoms with Crippen LogP contribution in [0.25, 0.3) is 0 Å². The summed E-state index contributed by atoms with van der Waals surface area (Å²) in [4.78, 5) is 6.38. The van der Waals surface area contributed by atoms with Crippen molar-refractivity contribution < 1.29 is 0 Å². The fourth-order valence-corrected chi connectivity index (χ4v) is 2.64. The first-order valence-corrected chi connectivity index (χ1v) is 7.80. The molecule has 0 amide bonds. The van der Waals surface area contributed by atoms with Crippen molar-refractivity contribution >= 4 is 0 Å². The summed E-state index contributed by atoms with van der Waals surface area (Å²) in [5.74, 6) is 0. The number of hydrogen-bond acceptors (Lipinski definition) is 4. The Morgan fingerprint density at radius 3 is 2.71 bits per heavy atom. The monoisotopic (exact) mass is 286 g/mol. The van der Waals surface area contributed by atoms with Crippen molar-refractivity contribution in [3.63, 3.8) is 0 Å². The molecule has 0 spiro atoms. The first kappa shape index (κ1) is 15.9. The van der Waals surface area contributed by atoms with Gasteiger partial charge in [-0.2, -0.15) is 5.26 Å². The van der Waals surface area contributed by atoms with Gasteiger partial charge < -0.3 is 4.90 Å². The summed E-state index contributed by atoms with van der Waals surface area (Å²) in [5.41, 5.74) is 0.897. The van der Waals surface area contributed by atoms with E-state index in [0.717, 1.165) is 19.4 Å². The van der Waals surface area contributed by atoms with Gasteiger partial charge >= 0.3 is 0 Å². The van der Waals surface area contributed by atoms with E-state index in [1.165, 1.54) is 18.4 Å². The van der Waals surface area contributed by atoms with Crippen molar-refractivity contribution in [2.45, 2.75) is 57.2 Å². The molecule has 1 fully saturated rings. The molecule has 1 N–H and O–H groups in total. The average molecular weight is 286 g/mol. The van der Waals surface area contributed by atoms with Crippen LogP contribution in [0.4, 0.5) is 0 Å². The second-order valence-electron chi connectivity index (χ2n) is 6.50. The molecule has 0 bridgehead atoms. The summed E-state index contributed by atoms with van der Waals surface area (Å²) >= 11 is 0. The zero-order valence-electron chi connectivity index (χ0n) is 13.3. The molecule has 2 unspecified atom stereocenters. The van der Waals surface area contributed by atoms with Crippen LogP contribution in [0, 0.1) is 11.3 Å². The molecule has 0 radical (unpaired) electrons. The molecule has 114 valence electrons. The van der Waals surface area contributed by atoms with Gasteiger partial charge in [-0.25, -0.2) is 0 Å². The lowest BCUT2D eigenvalue weighted by Gasteiger charge is -2.32. The largest absolute Gasteiger partial charge is 0.303 e. The molecular formula is C17H26N4. The van der Waals surface area contributed by atoms with E-state index in [-0.39, 0.29) is 0 Å². The molecule has 0 aliphatic heterocycles. The minimum atomic E-state index is -0.411. The van der Waals surface area contributed by atoms with Gasteiger partial charge in [0.1, 0.15) is 5.54 Å². The van der Waals surface area contributed by atoms with Crippen LogP contribution in [-0.4, -0.2) is 41.1 Å². The average Bonchev–Trinajstić information content (AvgIpc) is 3.29. The predicted molar refractivity (Wildman–Crippen MR) is 84.8 cm³/mol. The number of nitrogens with one attached hydrogen (secondary N) is 1. The first-order valence-electron chi connectivity index (χ1n) is 7.80. The Labute approximate surface area is 128 Å². The summed E-state index contributed by atoms with van der Waals surface area (Å²) in [7, 11) is 2.14. The van der Waals surface area contributed by atoms with E-state index in [1.807, 2.05) is 19.3 Å². The van der Waals surface area contributed by atoms with Crippen molar-refractivity contribution in [2.75, 3.05) is 13.6 Å². The van der Waals surface area contributed by atoms with Gasteiger partial charge in [0.15, 0.2) is 0 Å². The molecular weight excluding hydrogens is 260 g/mol. The molecule has 1 saturated carbocycles. The third-order valence-corrected chi connectivity index (χ3v) is 4.31. The fourth-order valence-electron chi connectivity index (χ4n) is 2.64. The van der Waals surface area contributed by atoms with Crippen LogP contribution in [-0.2, 0) is 6.42 Å². The Bertz CT molecular complexity index is 477. The van der Waals surface area contributed by atoms with Gasteiger partial charge in [-0.15, -0.1) is 0 Å². The lowest BCUT2D eigenvalue weighted by Crippen LogP contribution is -2.47. The fraction of sp³-hybridized carbons (Fsp3) is 0.647. The second kappa shape index (κ2) is 7.02. The summed E-state index contributed by atoms with van der Waals surface area (Å²) in [6.07, 6.45) is 7.97. The van der Waals surface area contributed by atoms with E-state index in [4.69, 9.17) is 0 Å². The molecule has 1 aliphatic carbocycles. The van der Waals surface area contributed by atoms with E-state index in [2.05, 4.69) is 47.4 Å². The van der Waals surface area contributed by atoms with Crippen LogP contribution in [0.3, 0.4) is 0 Å². The SMILES string of the molecule is CC(CC(C)(C#N)NC1CC1)N(C)CCc1ccncc1. The van der Waals surface area contributed by atoms with Gasteiger partial charge in [-0.1, -0.05) is 0 Å². The molecule has 1 aliphatic rings. The molecule has 1 aromatic rings. The highest BCUT2D eigenvalue weighted by atomic mass is 15.1. The van der Waals surface area contributed by atoms with E-state index in [0.29, 0.717) is 12.1 Å². The maximum Gasteiger partial charge on any atom is 0.105 e. The molecule has 2 atom stereocenters. The maximum atomic E-state index is 9.46. The summed E-state index contributed by atoms with van der Waals surface area (Å²) in [5, 5.41) is 12.9. The molecule has 21 heavy (non-hydrogen) atoms. The Hall–Kier alpha value is -1.44. The van der Waals surface area contributed by atoms with Gasteiger partial charge in [0, 0.05) is 31.0 Å². The Morgan fingerprint density at radius 1 is 1.48 bits per heavy atom. The number of nitriles is 1. The lowest BCUT2D eigenvalue weighted by atomic mass is 9.94. The number of rotatable bonds is 8. The number of likely N-dealkylation sites (N-methyl/N-ethyl adjacent to an activating group) is 1. The summed E-state index contributed by atoms with van der Waals surface area (Å²) in [6, 6.07) is 7.52. The van der Waals surface area contributed by atoms with Crippen LogP contribution in [0.15, 0.2) is 24.5 Å². The maximum absolute atomic E-state index is 9.46. The standard InChI is InChI=1S/C17H26N4/c1-14(12-17(2,13-18)20-16-4-5-16)21(3)11-8-15-6-9-19-10-7-15/h6-7,9-10,14,16,20H,4-5,8,11-12H2,1-3H3. The third kappa shape index (κ3) is 5.11. The van der Waals surface area contributed by atoms with Crippen molar-refractivity contribution in [2.24, 2.45) is 0 Å². The zero-order valence-corrected chi connectivity index (χ0v) is 13.3. The molecule has 1 aromatic heterocycles. The number of pyridine rings is 1. The minimum Gasteiger partial charge on any atom is -0.303 e. The van der Waals surface area contributed by atoms with Crippen LogP contribution < -0.4 is 5.32 Å². The van der Waals surface area contributed by atoms with E-state index in [1.54, 1.807) is 0 Å². The number of hydrogen-bond donors (Lipinski definition) is 1. The van der Waals surface area contributed by atoms with Gasteiger partial charge in [-0.05, 0) is 64.3 Å². The smallest absolute Gasteiger partial charge is 0.105 e. The Kier molecular flexibility index (Phi) is 5.33. The van der Waals surface area contributed by atoms with E-state index >= 15 is 0 Å². The quantitative estimate of drug-likeness (QED) is 0.797. The molecule has 2 rings (SSSR count). The minimum absolute atomic E-state index is 0.378. The van der Waals surface area contributed by atoms with Gasteiger partial charge in [0.25, 0.3) is 0 Å². The topological polar surface area (TPSA) is 52.0 Å². The van der Waals surface area contributed by atoms with E-state index < -0.39 is 5.54 Å². The first-order chi connectivity index (χ1) is 10.0. The number of aromatic nitrogens is 1. The zero-order chi connectivity index (χ0) is 15.3. The predicted octanol–water partition coefficient (Wildman–Crippen LogP) is 2.37. The van der Waals surface area contributed by atoms with E-state index in [9.17, 15) is 5.26 Å². The van der Waals surface area contributed by atoms with Crippen LogP contribution in [0.2, 0.25) is 0 Å². The third-order valence-electron chi connectivity index (χ3n) is 4.31. The highest BCUT2D eigenvalue weighted by Crippen LogP contribution is 2.25. The molecule has 0 saturated heterocycles. The van der Waals surface area contributed by atoms with Crippen molar-refractivity contribution in [1.82, 2.24) is 15.2 Å². The molecule has 4 nitrogen and oxygen atoms in total. The normalized spacial score (nSPS) is 19.0. The van der Waals surface area contributed by atoms with Crippen LogP contribution in [0.1, 0.15) is 38.7 Å². The van der Waals surface area contributed by atoms with Crippen molar-refractivity contribution in [3.8, 4) is 6.07 Å². The Morgan fingerprint density at radius 2 is 2.14 bits per heavy atom. The van der Waals surface area contributed by atoms with Crippen molar-refractivity contribution in [1.29, 1.82) is 5.26 Å². The van der Waals surface area contributed by atoms with Crippen LogP contribution in [0.5, 0.6) is 0 Å². The Balaban J connectivity index is 1.81. The second-order valence-corrected chi connectivity index (χ2v) is 6.50. The van der Waals surface area contributed by atoms with Gasteiger partial charge in [0.2, 0.25) is 0 Å². The highest BCUT2D eigenvalue weighted by Gasteiger charge is 2.34. The molecule has 4 heteroatoms. The summed E-state index contributed by atoms with van der Waals surface area (Å²) in [6.45, 7) is 5.23.